The maximum absolute atomic E-state index is 5.57. The van der Waals surface area contributed by atoms with Crippen LogP contribution in [0.5, 0.6) is 0 Å². The van der Waals surface area contributed by atoms with Crippen molar-refractivity contribution in [1.29, 1.82) is 0 Å². The molecule has 2 nitrogen and oxygen atoms in total. The summed E-state index contributed by atoms with van der Waals surface area (Å²) in [5.41, 5.74) is 5.57. The molecule has 12 heavy (non-hydrogen) atoms. The number of nitrogens with zero attached hydrogens (tertiary/aromatic N) is 1. The molecule has 0 aromatic rings. The Kier molecular flexibility index (Phi) is 3.92. The van der Waals surface area contributed by atoms with E-state index in [0.717, 1.165) is 11.1 Å². The monoisotopic (exact) mass is 186 g/mol. The Balaban J connectivity index is 2.46. The van der Waals surface area contributed by atoms with E-state index in [1.807, 2.05) is 18.7 Å². The summed E-state index contributed by atoms with van der Waals surface area (Å²) in [5.74, 6) is 1.93. The van der Waals surface area contributed by atoms with Crippen LogP contribution in [0.2, 0.25) is 0 Å². The summed E-state index contributed by atoms with van der Waals surface area (Å²) in [6.45, 7) is 4.09. The van der Waals surface area contributed by atoms with Crippen LogP contribution in [0, 0.1) is 0 Å². The van der Waals surface area contributed by atoms with Crippen LogP contribution in [-0.2, 0) is 0 Å². The van der Waals surface area contributed by atoms with Gasteiger partial charge in [-0.05, 0) is 25.5 Å². The molecule has 1 rings (SSSR count). The Labute approximate surface area is 79.0 Å². The molecule has 1 fully saturated rings. The second kappa shape index (κ2) is 4.75. The number of thioether (sulfide) groups is 1. The summed E-state index contributed by atoms with van der Waals surface area (Å²) in [4.78, 5) is 4.45. The third-order valence-corrected chi connectivity index (χ3v) is 3.48. The number of rotatable bonds is 3. The van der Waals surface area contributed by atoms with E-state index in [2.05, 4.69) is 11.9 Å². The van der Waals surface area contributed by atoms with Crippen LogP contribution >= 0.6 is 11.8 Å². The van der Waals surface area contributed by atoms with E-state index in [-0.39, 0.29) is 0 Å². The van der Waals surface area contributed by atoms with E-state index >= 15 is 0 Å². The van der Waals surface area contributed by atoms with Crippen LogP contribution in [0.15, 0.2) is 4.99 Å². The molecule has 0 radical (unpaired) electrons. The summed E-state index contributed by atoms with van der Waals surface area (Å²) in [6, 6.07) is 0.500. The number of amidine groups is 1. The molecule has 2 unspecified atom stereocenters. The van der Waals surface area contributed by atoms with Crippen molar-refractivity contribution in [1.82, 2.24) is 0 Å². The first-order chi connectivity index (χ1) is 5.74. The Morgan fingerprint density at radius 2 is 2.33 bits per heavy atom. The molecule has 0 aliphatic heterocycles. The minimum atomic E-state index is 0.500. The molecule has 70 valence electrons. The second-order valence-electron chi connectivity index (χ2n) is 3.26. The molecule has 3 heteroatoms. The first-order valence-corrected chi connectivity index (χ1v) is 5.70. The fraction of sp³-hybridized carbons (Fsp3) is 0.889. The number of nitrogens with two attached hydrogens (primary N) is 1. The van der Waals surface area contributed by atoms with Crippen LogP contribution in [0.4, 0.5) is 0 Å². The summed E-state index contributed by atoms with van der Waals surface area (Å²) in [5, 5.41) is 0.730. The molecule has 0 spiro atoms. The highest BCUT2D eigenvalue weighted by molar-refractivity contribution is 7.99. The van der Waals surface area contributed by atoms with E-state index in [0.29, 0.717) is 6.04 Å². The molecule has 0 aromatic carbocycles. The Bertz CT molecular complexity index is 164. The summed E-state index contributed by atoms with van der Waals surface area (Å²) < 4.78 is 0. The van der Waals surface area contributed by atoms with Crippen LogP contribution < -0.4 is 5.73 Å². The molecule has 0 amide bonds. The number of hydrogen-bond acceptors (Lipinski definition) is 2. The fourth-order valence-electron chi connectivity index (χ4n) is 1.72. The van der Waals surface area contributed by atoms with Crippen molar-refractivity contribution in [3.8, 4) is 0 Å². The fourth-order valence-corrected chi connectivity index (χ4v) is 2.90. The van der Waals surface area contributed by atoms with Crippen molar-refractivity contribution in [2.24, 2.45) is 10.7 Å². The summed E-state index contributed by atoms with van der Waals surface area (Å²) in [7, 11) is 0. The zero-order chi connectivity index (χ0) is 8.97. The lowest BCUT2D eigenvalue weighted by Gasteiger charge is -2.14. The molecule has 0 saturated heterocycles. The van der Waals surface area contributed by atoms with Crippen LogP contribution in [-0.4, -0.2) is 22.9 Å². The van der Waals surface area contributed by atoms with E-state index in [1.54, 1.807) is 0 Å². The normalized spacial score (nSPS) is 31.0. The van der Waals surface area contributed by atoms with E-state index in [4.69, 9.17) is 5.73 Å². The van der Waals surface area contributed by atoms with Gasteiger partial charge in [-0.25, -0.2) is 0 Å². The lowest BCUT2D eigenvalue weighted by Crippen LogP contribution is -2.19. The quantitative estimate of drug-likeness (QED) is 0.541. The van der Waals surface area contributed by atoms with Crippen molar-refractivity contribution < 1.29 is 0 Å². The lowest BCUT2D eigenvalue weighted by atomic mass is 10.2. The molecule has 1 aliphatic rings. The molecular weight excluding hydrogens is 168 g/mol. The van der Waals surface area contributed by atoms with Crippen LogP contribution in [0.1, 0.15) is 33.1 Å². The van der Waals surface area contributed by atoms with Crippen molar-refractivity contribution in [2.45, 2.75) is 44.4 Å². The maximum atomic E-state index is 5.57. The van der Waals surface area contributed by atoms with Crippen molar-refractivity contribution in [3.05, 3.63) is 0 Å². The van der Waals surface area contributed by atoms with Gasteiger partial charge in [0.2, 0.25) is 0 Å². The topological polar surface area (TPSA) is 38.4 Å². The Morgan fingerprint density at radius 1 is 1.58 bits per heavy atom. The molecule has 1 aliphatic carbocycles. The third kappa shape index (κ3) is 2.70. The van der Waals surface area contributed by atoms with Gasteiger partial charge in [0.25, 0.3) is 0 Å². The van der Waals surface area contributed by atoms with Gasteiger partial charge >= 0.3 is 0 Å². The van der Waals surface area contributed by atoms with Crippen molar-refractivity contribution in [2.75, 3.05) is 5.75 Å². The standard InChI is InChI=1S/C9H18N2S/c1-3-12-9-6-4-5-8(9)11-7(2)10/h8-9H,3-6H2,1-2H3,(H2,10,11). The van der Waals surface area contributed by atoms with Gasteiger partial charge in [-0.3, -0.25) is 4.99 Å². The van der Waals surface area contributed by atoms with E-state index < -0.39 is 0 Å². The number of hydrogen-bond donors (Lipinski definition) is 1. The van der Waals surface area contributed by atoms with Gasteiger partial charge in [0.1, 0.15) is 0 Å². The van der Waals surface area contributed by atoms with Gasteiger partial charge in [0.05, 0.1) is 11.9 Å². The van der Waals surface area contributed by atoms with Crippen LogP contribution in [0.25, 0.3) is 0 Å². The highest BCUT2D eigenvalue weighted by Crippen LogP contribution is 2.31. The molecule has 1 saturated carbocycles. The predicted molar refractivity (Wildman–Crippen MR) is 56.9 cm³/mol. The van der Waals surface area contributed by atoms with E-state index in [9.17, 15) is 0 Å². The van der Waals surface area contributed by atoms with Crippen molar-refractivity contribution >= 4 is 17.6 Å². The smallest absolute Gasteiger partial charge is 0.0909 e. The maximum Gasteiger partial charge on any atom is 0.0909 e. The molecule has 0 heterocycles. The first-order valence-electron chi connectivity index (χ1n) is 4.65. The van der Waals surface area contributed by atoms with Crippen LogP contribution in [0.3, 0.4) is 0 Å². The highest BCUT2D eigenvalue weighted by Gasteiger charge is 2.26. The molecule has 2 atom stereocenters. The second-order valence-corrected chi connectivity index (χ2v) is 4.78. The molecular formula is C9H18N2S. The van der Waals surface area contributed by atoms with Gasteiger partial charge in [-0.2, -0.15) is 11.8 Å². The Hall–Kier alpha value is -0.180. The van der Waals surface area contributed by atoms with Gasteiger partial charge in [-0.15, -0.1) is 0 Å². The average molecular weight is 186 g/mol. The zero-order valence-electron chi connectivity index (χ0n) is 7.92. The minimum Gasteiger partial charge on any atom is -0.388 e. The third-order valence-electron chi connectivity index (χ3n) is 2.17. The van der Waals surface area contributed by atoms with Crippen molar-refractivity contribution in [3.63, 3.8) is 0 Å². The van der Waals surface area contributed by atoms with Gasteiger partial charge in [0, 0.05) is 5.25 Å². The zero-order valence-corrected chi connectivity index (χ0v) is 8.73. The lowest BCUT2D eigenvalue weighted by molar-refractivity contribution is 0.717. The minimum absolute atomic E-state index is 0.500. The SMILES string of the molecule is CCSC1CCCC1N=C(C)N. The van der Waals surface area contributed by atoms with Gasteiger partial charge in [-0.1, -0.05) is 13.3 Å². The average Bonchev–Trinajstić information content (AvgIpc) is 2.37. The summed E-state index contributed by atoms with van der Waals surface area (Å²) in [6.07, 6.45) is 3.87. The van der Waals surface area contributed by atoms with E-state index in [1.165, 1.54) is 25.0 Å². The molecule has 2 N–H and O–H groups in total. The number of aliphatic imine (C=N–C) groups is 1. The predicted octanol–water partition coefficient (Wildman–Crippen LogP) is 2.04. The van der Waals surface area contributed by atoms with Gasteiger partial charge in [0.15, 0.2) is 0 Å². The summed E-state index contributed by atoms with van der Waals surface area (Å²) >= 11 is 2.03. The Morgan fingerprint density at radius 3 is 2.92 bits per heavy atom. The van der Waals surface area contributed by atoms with Gasteiger partial charge < -0.3 is 5.73 Å². The first kappa shape index (κ1) is 9.90. The largest absolute Gasteiger partial charge is 0.388 e. The highest BCUT2D eigenvalue weighted by atomic mass is 32.2. The molecule has 0 aromatic heterocycles. The molecule has 0 bridgehead atoms.